The predicted molar refractivity (Wildman–Crippen MR) is 127 cm³/mol. The lowest BCUT2D eigenvalue weighted by molar-refractivity contribution is -0.123. The largest absolute Gasteiger partial charge is 0.371 e. The molecule has 1 amide bonds. The van der Waals surface area contributed by atoms with Crippen LogP contribution in [-0.2, 0) is 17.9 Å². The van der Waals surface area contributed by atoms with Crippen LogP contribution in [0.2, 0.25) is 0 Å². The average molecular weight is 414 g/mol. The molecule has 0 atom stereocenters. The van der Waals surface area contributed by atoms with Crippen molar-refractivity contribution in [3.8, 4) is 0 Å². The quantitative estimate of drug-likeness (QED) is 0.573. The zero-order valence-corrected chi connectivity index (χ0v) is 18.5. The van der Waals surface area contributed by atoms with Gasteiger partial charge in [-0.1, -0.05) is 44.2 Å². The Morgan fingerprint density at radius 3 is 2.39 bits per heavy atom. The van der Waals surface area contributed by atoms with Gasteiger partial charge in [0.2, 0.25) is 5.91 Å². The number of piperidine rings is 1. The molecule has 0 unspecified atom stereocenters. The fourth-order valence-corrected chi connectivity index (χ4v) is 4.96. The van der Waals surface area contributed by atoms with Crippen LogP contribution in [0, 0.1) is 5.92 Å². The SMILES string of the molecule is CC(C)c1ccc(N2CCC(C(=O)N3Cc4cccn4Cc4ccccc43)CC2)cc1. The third-order valence-electron chi connectivity index (χ3n) is 6.90. The van der Waals surface area contributed by atoms with Crippen molar-refractivity contribution in [3.05, 3.63) is 83.7 Å². The van der Waals surface area contributed by atoms with Gasteiger partial charge in [-0.15, -0.1) is 0 Å². The molecule has 1 fully saturated rings. The van der Waals surface area contributed by atoms with Gasteiger partial charge in [0.1, 0.15) is 0 Å². The molecule has 0 aliphatic carbocycles. The summed E-state index contributed by atoms with van der Waals surface area (Å²) >= 11 is 0. The molecule has 2 aromatic carbocycles. The van der Waals surface area contributed by atoms with Crippen molar-refractivity contribution in [1.29, 1.82) is 0 Å². The van der Waals surface area contributed by atoms with Gasteiger partial charge in [-0.25, -0.2) is 0 Å². The Morgan fingerprint density at radius 1 is 0.903 bits per heavy atom. The predicted octanol–water partition coefficient (Wildman–Crippen LogP) is 5.42. The van der Waals surface area contributed by atoms with Gasteiger partial charge >= 0.3 is 0 Å². The van der Waals surface area contributed by atoms with Gasteiger partial charge in [0, 0.05) is 48.8 Å². The normalized spacial score (nSPS) is 16.7. The number of para-hydroxylation sites is 1. The number of benzene rings is 2. The van der Waals surface area contributed by atoms with Crippen molar-refractivity contribution >= 4 is 17.3 Å². The van der Waals surface area contributed by atoms with Crippen LogP contribution in [0.25, 0.3) is 0 Å². The smallest absolute Gasteiger partial charge is 0.230 e. The molecule has 31 heavy (non-hydrogen) atoms. The lowest BCUT2D eigenvalue weighted by atomic mass is 9.94. The number of hydrogen-bond acceptors (Lipinski definition) is 2. The minimum Gasteiger partial charge on any atom is -0.371 e. The topological polar surface area (TPSA) is 28.5 Å². The molecule has 0 spiro atoms. The summed E-state index contributed by atoms with van der Waals surface area (Å²) in [6, 6.07) is 21.5. The maximum Gasteiger partial charge on any atom is 0.230 e. The van der Waals surface area contributed by atoms with E-state index in [4.69, 9.17) is 0 Å². The van der Waals surface area contributed by atoms with Gasteiger partial charge < -0.3 is 14.4 Å². The molecule has 5 rings (SSSR count). The highest BCUT2D eigenvalue weighted by atomic mass is 16.2. The van der Waals surface area contributed by atoms with E-state index >= 15 is 0 Å². The third kappa shape index (κ3) is 3.87. The maximum atomic E-state index is 13.7. The number of carbonyl (C=O) groups is 1. The molecule has 2 aliphatic rings. The first-order valence-electron chi connectivity index (χ1n) is 11.5. The minimum absolute atomic E-state index is 0.0840. The molecular weight excluding hydrogens is 382 g/mol. The van der Waals surface area contributed by atoms with Gasteiger partial charge in [-0.05, 0) is 60.2 Å². The third-order valence-corrected chi connectivity index (χ3v) is 6.90. The Labute approximate surface area is 185 Å². The van der Waals surface area contributed by atoms with Crippen LogP contribution >= 0.6 is 0 Å². The summed E-state index contributed by atoms with van der Waals surface area (Å²) in [5.74, 6) is 0.910. The lowest BCUT2D eigenvalue weighted by Gasteiger charge is -2.35. The van der Waals surface area contributed by atoms with Gasteiger partial charge in [-0.3, -0.25) is 4.79 Å². The van der Waals surface area contributed by atoms with E-state index in [9.17, 15) is 4.79 Å². The summed E-state index contributed by atoms with van der Waals surface area (Å²) in [6.07, 6.45) is 3.93. The van der Waals surface area contributed by atoms with Gasteiger partial charge in [0.15, 0.2) is 0 Å². The van der Waals surface area contributed by atoms with Crippen molar-refractivity contribution < 1.29 is 4.79 Å². The molecule has 1 saturated heterocycles. The molecular formula is C27H31N3O. The molecule has 2 aliphatic heterocycles. The molecule has 4 heteroatoms. The van der Waals surface area contributed by atoms with Crippen molar-refractivity contribution in [3.63, 3.8) is 0 Å². The highest BCUT2D eigenvalue weighted by Gasteiger charge is 2.32. The van der Waals surface area contributed by atoms with E-state index in [-0.39, 0.29) is 11.8 Å². The van der Waals surface area contributed by atoms with Crippen LogP contribution in [0.15, 0.2) is 66.9 Å². The van der Waals surface area contributed by atoms with Gasteiger partial charge in [0.25, 0.3) is 0 Å². The number of carbonyl (C=O) groups excluding carboxylic acids is 1. The van der Waals surface area contributed by atoms with Crippen LogP contribution in [0.5, 0.6) is 0 Å². The lowest BCUT2D eigenvalue weighted by Crippen LogP contribution is -2.42. The summed E-state index contributed by atoms with van der Waals surface area (Å²) in [5, 5.41) is 0. The zero-order valence-electron chi connectivity index (χ0n) is 18.5. The summed E-state index contributed by atoms with van der Waals surface area (Å²) in [7, 11) is 0. The van der Waals surface area contributed by atoms with Crippen LogP contribution < -0.4 is 9.80 Å². The van der Waals surface area contributed by atoms with Crippen LogP contribution in [0.3, 0.4) is 0 Å². The number of amides is 1. The molecule has 1 aromatic heterocycles. The second kappa shape index (κ2) is 8.26. The summed E-state index contributed by atoms with van der Waals surface area (Å²) in [4.78, 5) is 18.1. The summed E-state index contributed by atoms with van der Waals surface area (Å²) < 4.78 is 2.26. The first-order valence-corrected chi connectivity index (χ1v) is 11.5. The van der Waals surface area contributed by atoms with E-state index in [1.165, 1.54) is 22.5 Å². The van der Waals surface area contributed by atoms with Crippen molar-refractivity contribution in [2.45, 2.75) is 45.7 Å². The standard InChI is InChI=1S/C27H31N3O/c1-20(2)21-9-11-24(12-10-21)28-16-13-22(14-17-28)27(31)30-19-25-7-5-15-29(25)18-23-6-3-4-8-26(23)30/h3-12,15,20,22H,13-14,16-19H2,1-2H3. The monoisotopic (exact) mass is 413 g/mol. The second-order valence-electron chi connectivity index (χ2n) is 9.19. The Hall–Kier alpha value is -3.01. The van der Waals surface area contributed by atoms with Crippen molar-refractivity contribution in [2.24, 2.45) is 5.92 Å². The number of rotatable bonds is 3. The van der Waals surface area contributed by atoms with E-state index in [1.54, 1.807) is 0 Å². The Morgan fingerprint density at radius 2 is 1.65 bits per heavy atom. The minimum atomic E-state index is 0.0840. The maximum absolute atomic E-state index is 13.7. The highest BCUT2D eigenvalue weighted by molar-refractivity contribution is 5.96. The number of hydrogen-bond donors (Lipinski definition) is 0. The van der Waals surface area contributed by atoms with E-state index in [0.717, 1.165) is 38.2 Å². The molecule has 160 valence electrons. The zero-order chi connectivity index (χ0) is 21.4. The van der Waals surface area contributed by atoms with Gasteiger partial charge in [-0.2, -0.15) is 0 Å². The van der Waals surface area contributed by atoms with Crippen LogP contribution in [0.4, 0.5) is 11.4 Å². The molecule has 0 radical (unpaired) electrons. The Balaban J connectivity index is 1.31. The summed E-state index contributed by atoms with van der Waals surface area (Å²) in [6.45, 7) is 7.80. The molecule has 3 heterocycles. The molecule has 0 bridgehead atoms. The number of fused-ring (bicyclic) bond motifs is 2. The number of nitrogens with zero attached hydrogens (tertiary/aromatic N) is 3. The second-order valence-corrected chi connectivity index (χ2v) is 9.19. The first-order chi connectivity index (χ1) is 15.1. The van der Waals surface area contributed by atoms with Gasteiger partial charge in [0.05, 0.1) is 6.54 Å². The molecule has 0 saturated carbocycles. The van der Waals surface area contributed by atoms with E-state index in [0.29, 0.717) is 12.5 Å². The van der Waals surface area contributed by atoms with Crippen molar-refractivity contribution in [1.82, 2.24) is 4.57 Å². The van der Waals surface area contributed by atoms with Crippen LogP contribution in [0.1, 0.15) is 49.4 Å². The molecule has 3 aromatic rings. The molecule has 4 nitrogen and oxygen atoms in total. The van der Waals surface area contributed by atoms with E-state index in [1.807, 2.05) is 11.0 Å². The first kappa shape index (κ1) is 19.9. The Bertz CT molecular complexity index is 1060. The average Bonchev–Trinajstić information content (AvgIpc) is 3.18. The number of anilines is 2. The fourth-order valence-electron chi connectivity index (χ4n) is 4.96. The van der Waals surface area contributed by atoms with E-state index < -0.39 is 0 Å². The van der Waals surface area contributed by atoms with Crippen molar-refractivity contribution in [2.75, 3.05) is 22.9 Å². The summed E-state index contributed by atoms with van der Waals surface area (Å²) in [5.41, 5.74) is 6.13. The fraction of sp³-hybridized carbons (Fsp3) is 0.370. The highest BCUT2D eigenvalue weighted by Crippen LogP contribution is 2.32. The Kier molecular flexibility index (Phi) is 5.31. The van der Waals surface area contributed by atoms with E-state index in [2.05, 4.69) is 84.1 Å². The number of aromatic nitrogens is 1. The molecule has 0 N–H and O–H groups in total. The van der Waals surface area contributed by atoms with Crippen LogP contribution in [-0.4, -0.2) is 23.6 Å².